The van der Waals surface area contributed by atoms with Crippen LogP contribution in [0, 0.1) is 12.8 Å². The van der Waals surface area contributed by atoms with Crippen molar-refractivity contribution in [3.05, 3.63) is 17.8 Å². The molecular formula is C12H19N3O. The Labute approximate surface area is 96.2 Å². The van der Waals surface area contributed by atoms with Gasteiger partial charge in [-0.15, -0.1) is 5.10 Å². The summed E-state index contributed by atoms with van der Waals surface area (Å²) in [5.41, 5.74) is 6.66. The molecule has 2 N–H and O–H groups in total. The third-order valence-corrected chi connectivity index (χ3v) is 3.19. The Morgan fingerprint density at radius 3 is 2.81 bits per heavy atom. The highest BCUT2D eigenvalue weighted by atomic mass is 16.5. The SMILES string of the molecule is Cc1ccc(OC2CCCCC2CN)nn1. The smallest absolute Gasteiger partial charge is 0.233 e. The highest BCUT2D eigenvalue weighted by molar-refractivity contribution is 5.10. The van der Waals surface area contributed by atoms with E-state index in [9.17, 15) is 0 Å². The van der Waals surface area contributed by atoms with Gasteiger partial charge in [0, 0.05) is 12.0 Å². The normalized spacial score (nSPS) is 25.4. The van der Waals surface area contributed by atoms with Crippen LogP contribution in [0.4, 0.5) is 0 Å². The minimum Gasteiger partial charge on any atom is -0.473 e. The number of nitrogens with two attached hydrogens (primary N) is 1. The molecule has 2 atom stereocenters. The lowest BCUT2D eigenvalue weighted by Crippen LogP contribution is -2.35. The first-order valence-electron chi connectivity index (χ1n) is 5.96. The van der Waals surface area contributed by atoms with E-state index in [2.05, 4.69) is 10.2 Å². The number of aromatic nitrogens is 2. The van der Waals surface area contributed by atoms with Gasteiger partial charge in [-0.3, -0.25) is 0 Å². The molecule has 1 aliphatic carbocycles. The van der Waals surface area contributed by atoms with Gasteiger partial charge in [0.15, 0.2) is 0 Å². The molecule has 4 heteroatoms. The standard InChI is InChI=1S/C12H19N3O/c1-9-6-7-12(15-14-9)16-11-5-3-2-4-10(11)8-13/h6-7,10-11H,2-5,8,13H2,1H3. The summed E-state index contributed by atoms with van der Waals surface area (Å²) in [4.78, 5) is 0. The second kappa shape index (κ2) is 5.25. The van der Waals surface area contributed by atoms with Crippen molar-refractivity contribution in [1.82, 2.24) is 10.2 Å². The molecule has 2 rings (SSSR count). The Bertz CT molecular complexity index is 326. The van der Waals surface area contributed by atoms with Crippen molar-refractivity contribution >= 4 is 0 Å². The van der Waals surface area contributed by atoms with Crippen molar-refractivity contribution in [2.45, 2.75) is 38.7 Å². The zero-order valence-electron chi connectivity index (χ0n) is 9.72. The van der Waals surface area contributed by atoms with Crippen molar-refractivity contribution in [2.24, 2.45) is 11.7 Å². The summed E-state index contributed by atoms with van der Waals surface area (Å²) in [6.07, 6.45) is 4.95. The van der Waals surface area contributed by atoms with Crippen LogP contribution in [0.25, 0.3) is 0 Å². The van der Waals surface area contributed by atoms with E-state index in [-0.39, 0.29) is 6.10 Å². The van der Waals surface area contributed by atoms with Crippen molar-refractivity contribution < 1.29 is 4.74 Å². The molecule has 1 aromatic heterocycles. The quantitative estimate of drug-likeness (QED) is 0.843. The van der Waals surface area contributed by atoms with Gasteiger partial charge in [-0.1, -0.05) is 6.42 Å². The Hall–Kier alpha value is -1.16. The van der Waals surface area contributed by atoms with E-state index in [1.54, 1.807) is 0 Å². The highest BCUT2D eigenvalue weighted by Crippen LogP contribution is 2.26. The van der Waals surface area contributed by atoms with Gasteiger partial charge in [-0.2, -0.15) is 5.10 Å². The zero-order valence-corrected chi connectivity index (χ0v) is 9.72. The molecule has 0 spiro atoms. The summed E-state index contributed by atoms with van der Waals surface area (Å²) in [6, 6.07) is 3.80. The summed E-state index contributed by atoms with van der Waals surface area (Å²) in [5, 5.41) is 8.02. The van der Waals surface area contributed by atoms with Crippen LogP contribution in [0.1, 0.15) is 31.4 Å². The van der Waals surface area contributed by atoms with Gasteiger partial charge < -0.3 is 10.5 Å². The van der Waals surface area contributed by atoms with E-state index < -0.39 is 0 Å². The average Bonchev–Trinajstić information content (AvgIpc) is 2.33. The number of aryl methyl sites for hydroxylation is 1. The third kappa shape index (κ3) is 2.70. The topological polar surface area (TPSA) is 61.0 Å². The van der Waals surface area contributed by atoms with Crippen LogP contribution in [-0.2, 0) is 0 Å². The molecule has 0 amide bonds. The van der Waals surface area contributed by atoms with E-state index in [4.69, 9.17) is 10.5 Å². The van der Waals surface area contributed by atoms with Gasteiger partial charge in [0.25, 0.3) is 0 Å². The minimum absolute atomic E-state index is 0.218. The molecule has 0 aliphatic heterocycles. The molecule has 1 saturated carbocycles. The fourth-order valence-corrected chi connectivity index (χ4v) is 2.20. The molecule has 16 heavy (non-hydrogen) atoms. The van der Waals surface area contributed by atoms with Crippen molar-refractivity contribution in [2.75, 3.05) is 6.54 Å². The van der Waals surface area contributed by atoms with Crippen LogP contribution >= 0.6 is 0 Å². The lowest BCUT2D eigenvalue weighted by Gasteiger charge is -2.30. The first kappa shape index (κ1) is 11.3. The summed E-state index contributed by atoms with van der Waals surface area (Å²) in [6.45, 7) is 2.62. The predicted molar refractivity (Wildman–Crippen MR) is 62.2 cm³/mol. The summed E-state index contributed by atoms with van der Waals surface area (Å²) in [7, 11) is 0. The molecule has 1 aromatic rings. The summed E-state index contributed by atoms with van der Waals surface area (Å²) in [5.74, 6) is 1.09. The Morgan fingerprint density at radius 2 is 2.12 bits per heavy atom. The lowest BCUT2D eigenvalue weighted by molar-refractivity contribution is 0.0912. The van der Waals surface area contributed by atoms with Crippen LogP contribution in [0.5, 0.6) is 5.88 Å². The molecular weight excluding hydrogens is 202 g/mol. The Morgan fingerprint density at radius 1 is 1.31 bits per heavy atom. The molecule has 4 nitrogen and oxygen atoms in total. The predicted octanol–water partition coefficient (Wildman–Crippen LogP) is 1.68. The maximum absolute atomic E-state index is 5.86. The van der Waals surface area contributed by atoms with Crippen molar-refractivity contribution in [1.29, 1.82) is 0 Å². The molecule has 1 fully saturated rings. The van der Waals surface area contributed by atoms with Crippen LogP contribution in [0.3, 0.4) is 0 Å². The Balaban J connectivity index is 1.99. The first-order valence-corrected chi connectivity index (χ1v) is 5.96. The van der Waals surface area contributed by atoms with Gasteiger partial charge in [0.05, 0.1) is 5.69 Å². The molecule has 0 bridgehead atoms. The number of hydrogen-bond donors (Lipinski definition) is 1. The first-order chi connectivity index (χ1) is 7.79. The molecule has 0 radical (unpaired) electrons. The number of hydrogen-bond acceptors (Lipinski definition) is 4. The Kier molecular flexibility index (Phi) is 3.72. The number of nitrogens with zero attached hydrogens (tertiary/aromatic N) is 2. The fraction of sp³-hybridized carbons (Fsp3) is 0.667. The van der Waals surface area contributed by atoms with Gasteiger partial charge in [0.2, 0.25) is 5.88 Å². The number of ether oxygens (including phenoxy) is 1. The second-order valence-corrected chi connectivity index (χ2v) is 4.45. The maximum Gasteiger partial charge on any atom is 0.233 e. The molecule has 88 valence electrons. The van der Waals surface area contributed by atoms with Crippen molar-refractivity contribution in [3.63, 3.8) is 0 Å². The van der Waals surface area contributed by atoms with Gasteiger partial charge >= 0.3 is 0 Å². The van der Waals surface area contributed by atoms with Gasteiger partial charge in [0.1, 0.15) is 6.10 Å². The van der Waals surface area contributed by atoms with Crippen LogP contribution in [-0.4, -0.2) is 22.8 Å². The van der Waals surface area contributed by atoms with E-state index in [1.807, 2.05) is 19.1 Å². The summed E-state index contributed by atoms with van der Waals surface area (Å²) < 4.78 is 5.86. The second-order valence-electron chi connectivity index (χ2n) is 4.45. The monoisotopic (exact) mass is 221 g/mol. The van der Waals surface area contributed by atoms with Crippen LogP contribution in [0.15, 0.2) is 12.1 Å². The van der Waals surface area contributed by atoms with E-state index >= 15 is 0 Å². The maximum atomic E-state index is 5.86. The van der Waals surface area contributed by atoms with E-state index in [0.717, 1.165) is 12.1 Å². The van der Waals surface area contributed by atoms with Gasteiger partial charge in [-0.25, -0.2) is 0 Å². The third-order valence-electron chi connectivity index (χ3n) is 3.19. The van der Waals surface area contributed by atoms with E-state index in [1.165, 1.54) is 19.3 Å². The average molecular weight is 221 g/mol. The highest BCUT2D eigenvalue weighted by Gasteiger charge is 2.25. The molecule has 2 unspecified atom stereocenters. The van der Waals surface area contributed by atoms with Crippen LogP contribution < -0.4 is 10.5 Å². The molecule has 0 saturated heterocycles. The number of rotatable bonds is 3. The molecule has 1 heterocycles. The van der Waals surface area contributed by atoms with Gasteiger partial charge in [-0.05, 0) is 38.8 Å². The van der Waals surface area contributed by atoms with E-state index in [0.29, 0.717) is 18.3 Å². The fourth-order valence-electron chi connectivity index (χ4n) is 2.20. The van der Waals surface area contributed by atoms with Crippen molar-refractivity contribution in [3.8, 4) is 5.88 Å². The minimum atomic E-state index is 0.218. The lowest BCUT2D eigenvalue weighted by atomic mass is 9.86. The van der Waals surface area contributed by atoms with Crippen LogP contribution in [0.2, 0.25) is 0 Å². The molecule has 0 aromatic carbocycles. The zero-order chi connectivity index (χ0) is 11.4. The largest absolute Gasteiger partial charge is 0.473 e. The summed E-state index contributed by atoms with van der Waals surface area (Å²) >= 11 is 0. The molecule has 1 aliphatic rings.